The van der Waals surface area contributed by atoms with E-state index in [1.54, 1.807) is 25.4 Å². The molecule has 2 fully saturated rings. The van der Waals surface area contributed by atoms with Crippen LogP contribution in [0, 0.1) is 23.7 Å². The molecule has 0 radical (unpaired) electrons. The zero-order chi connectivity index (χ0) is 28.2. The van der Waals surface area contributed by atoms with Crippen molar-refractivity contribution >= 4 is 28.6 Å². The van der Waals surface area contributed by atoms with Gasteiger partial charge in [-0.15, -0.1) is 0 Å². The number of nitrogens with one attached hydrogen (secondary N) is 1. The number of aliphatic hydroxyl groups excluding tert-OH is 1. The van der Waals surface area contributed by atoms with Gasteiger partial charge in [-0.1, -0.05) is 18.2 Å². The van der Waals surface area contributed by atoms with Gasteiger partial charge >= 0.3 is 0 Å². The average molecular weight is 555 g/mol. The van der Waals surface area contributed by atoms with Crippen molar-refractivity contribution in [3.05, 3.63) is 60.3 Å². The molecule has 0 saturated heterocycles. The molecule has 9 nitrogen and oxygen atoms in total. The van der Waals surface area contributed by atoms with Crippen molar-refractivity contribution in [1.82, 2.24) is 20.2 Å². The molecule has 2 aromatic carbocycles. The van der Waals surface area contributed by atoms with E-state index in [1.807, 2.05) is 36.4 Å². The summed E-state index contributed by atoms with van der Waals surface area (Å²) in [5.41, 5.74) is 10.00. The molecule has 4 aromatic rings. The molecule has 2 aromatic heterocycles. The van der Waals surface area contributed by atoms with E-state index in [9.17, 15) is 9.90 Å². The molecular weight excluding hydrogens is 523 g/mol. The summed E-state index contributed by atoms with van der Waals surface area (Å²) < 4.78 is 20.8. The predicted octanol–water partition coefficient (Wildman–Crippen LogP) is 5.02. The quantitative estimate of drug-likeness (QED) is 0.305. The summed E-state index contributed by atoms with van der Waals surface area (Å²) in [6.07, 6.45) is 6.17. The van der Waals surface area contributed by atoms with Gasteiger partial charge in [-0.2, -0.15) is 10.1 Å². The molecule has 2 saturated carbocycles. The number of hydrogen-bond donors (Lipinski definition) is 3. The Kier molecular flexibility index (Phi) is 6.23. The number of nitrogen functional groups attached to an aromatic ring is 1. The van der Waals surface area contributed by atoms with Crippen LogP contribution in [-0.4, -0.2) is 44.5 Å². The van der Waals surface area contributed by atoms with E-state index in [-0.39, 0.29) is 24.4 Å². The minimum absolute atomic E-state index is 0.0269. The van der Waals surface area contributed by atoms with Crippen LogP contribution >= 0.6 is 0 Å². The van der Waals surface area contributed by atoms with Crippen LogP contribution in [0.25, 0.3) is 33.5 Å². The van der Waals surface area contributed by atoms with E-state index >= 15 is 4.39 Å². The Balaban J connectivity index is 1.32. The van der Waals surface area contributed by atoms with E-state index in [1.165, 1.54) is 17.7 Å². The van der Waals surface area contributed by atoms with Crippen molar-refractivity contribution in [2.75, 3.05) is 17.7 Å². The van der Waals surface area contributed by atoms with Crippen molar-refractivity contribution in [1.29, 1.82) is 0 Å². The second-order valence-electron chi connectivity index (χ2n) is 11.2. The molecule has 10 heteroatoms. The van der Waals surface area contributed by atoms with Crippen molar-refractivity contribution in [3.63, 3.8) is 0 Å². The number of allylic oxidation sites excluding steroid dienone is 1. The molecule has 4 atom stereocenters. The maximum absolute atomic E-state index is 15.5. The van der Waals surface area contributed by atoms with Gasteiger partial charge in [0.15, 0.2) is 5.65 Å². The zero-order valence-corrected chi connectivity index (χ0v) is 22.6. The van der Waals surface area contributed by atoms with E-state index in [4.69, 9.17) is 10.5 Å². The van der Waals surface area contributed by atoms with Crippen LogP contribution in [0.4, 0.5) is 16.0 Å². The Morgan fingerprint density at radius 1 is 1.12 bits per heavy atom. The summed E-state index contributed by atoms with van der Waals surface area (Å²) in [7, 11) is 1.61. The number of alkyl halides is 1. The SMILES string of the molecule is COc1ccc(-c2[nH]nc3nc(N)nc(-c4cccc(N5C=CC6CC(C7CC7)CC(F)C6C5=O)c4CO)c23)cc1. The molecule has 4 N–H and O–H groups in total. The average Bonchev–Trinajstić information content (AvgIpc) is 3.76. The van der Waals surface area contributed by atoms with Crippen molar-refractivity contribution in [3.8, 4) is 28.3 Å². The second kappa shape index (κ2) is 9.95. The topological polar surface area (TPSA) is 130 Å². The molecular formula is C31H31FN6O3. The van der Waals surface area contributed by atoms with Crippen molar-refractivity contribution in [2.45, 2.75) is 38.5 Å². The van der Waals surface area contributed by atoms with E-state index in [0.717, 1.165) is 12.0 Å². The number of aliphatic hydroxyl groups is 1. The number of nitrogens with zero attached hydrogens (tertiary/aromatic N) is 4. The summed E-state index contributed by atoms with van der Waals surface area (Å²) in [5.74, 6) is 0.602. The standard InChI is InChI=1S/C31H31FN6O3/c1-41-20-9-7-17(8-10-20)27-26-28(34-31(33)35-29(26)37-36-27)21-3-2-4-24(22(21)15-39)38-12-11-18-13-19(16-5-6-16)14-23(32)25(18)30(38)40/h2-4,7-12,16,18-19,23,25,39H,5-6,13-15H2,1H3,(H3,33,34,35,36,37). The summed E-state index contributed by atoms with van der Waals surface area (Å²) in [6, 6.07) is 12.9. The highest BCUT2D eigenvalue weighted by Crippen LogP contribution is 2.50. The number of amides is 1. The molecule has 1 aliphatic heterocycles. The third-order valence-corrected chi connectivity index (χ3v) is 8.88. The molecule has 3 aliphatic rings. The number of hydrogen-bond acceptors (Lipinski definition) is 7. The minimum atomic E-state index is -1.18. The Bertz CT molecular complexity index is 1660. The number of anilines is 2. The van der Waals surface area contributed by atoms with Crippen LogP contribution in [0.15, 0.2) is 54.7 Å². The first-order valence-electron chi connectivity index (χ1n) is 14.0. The van der Waals surface area contributed by atoms with E-state index in [0.29, 0.717) is 63.2 Å². The molecule has 41 heavy (non-hydrogen) atoms. The fraction of sp³-hybridized carbons (Fsp3) is 0.355. The zero-order valence-electron chi connectivity index (χ0n) is 22.6. The van der Waals surface area contributed by atoms with Crippen molar-refractivity contribution < 1.29 is 19.0 Å². The fourth-order valence-electron chi connectivity index (χ4n) is 6.71. The molecule has 210 valence electrons. The van der Waals surface area contributed by atoms with Gasteiger partial charge in [-0.25, -0.2) is 9.37 Å². The smallest absolute Gasteiger partial charge is 0.237 e. The minimum Gasteiger partial charge on any atom is -0.497 e. The van der Waals surface area contributed by atoms with Gasteiger partial charge < -0.3 is 15.6 Å². The normalized spacial score (nSPS) is 24.1. The summed E-state index contributed by atoms with van der Waals surface area (Å²) in [5, 5.41) is 18.7. The molecule has 7 rings (SSSR count). The van der Waals surface area contributed by atoms with Gasteiger partial charge in [0.05, 0.1) is 42.1 Å². The lowest BCUT2D eigenvalue weighted by atomic mass is 9.69. The summed E-state index contributed by atoms with van der Waals surface area (Å²) >= 11 is 0. The molecule has 2 aliphatic carbocycles. The van der Waals surface area contributed by atoms with Gasteiger partial charge in [0, 0.05) is 22.9 Å². The molecule has 0 spiro atoms. The predicted molar refractivity (Wildman–Crippen MR) is 153 cm³/mol. The Labute approximate surface area is 236 Å². The van der Waals surface area contributed by atoms with E-state index < -0.39 is 12.1 Å². The first-order chi connectivity index (χ1) is 20.0. The number of nitrogens with two attached hydrogens (primary N) is 1. The third-order valence-electron chi connectivity index (χ3n) is 8.88. The van der Waals surface area contributed by atoms with Gasteiger partial charge in [0.2, 0.25) is 11.9 Å². The Morgan fingerprint density at radius 2 is 1.93 bits per heavy atom. The van der Waals surface area contributed by atoms with Crippen LogP contribution < -0.4 is 15.4 Å². The first-order valence-corrected chi connectivity index (χ1v) is 14.0. The first kappa shape index (κ1) is 25.6. The van der Waals surface area contributed by atoms with Gasteiger partial charge in [0.25, 0.3) is 0 Å². The van der Waals surface area contributed by atoms with Crippen LogP contribution in [0.3, 0.4) is 0 Å². The summed E-state index contributed by atoms with van der Waals surface area (Å²) in [4.78, 5) is 24.2. The molecule has 1 amide bonds. The van der Waals surface area contributed by atoms with Crippen LogP contribution in [0.5, 0.6) is 5.75 Å². The highest BCUT2D eigenvalue weighted by atomic mass is 19.1. The highest BCUT2D eigenvalue weighted by molar-refractivity contribution is 6.04. The number of carbonyl (C=O) groups excluding carboxylic acids is 1. The van der Waals surface area contributed by atoms with Crippen LogP contribution in [0.2, 0.25) is 0 Å². The Hall–Kier alpha value is -4.31. The third kappa shape index (κ3) is 4.33. The van der Waals surface area contributed by atoms with Crippen LogP contribution in [0.1, 0.15) is 31.2 Å². The van der Waals surface area contributed by atoms with Gasteiger partial charge in [0.1, 0.15) is 11.9 Å². The van der Waals surface area contributed by atoms with Gasteiger partial charge in [-0.3, -0.25) is 14.8 Å². The molecule has 3 heterocycles. The number of rotatable bonds is 6. The number of fused-ring (bicyclic) bond motifs is 2. The number of H-pyrrole nitrogens is 1. The lowest BCUT2D eigenvalue weighted by molar-refractivity contribution is -0.127. The Morgan fingerprint density at radius 3 is 2.66 bits per heavy atom. The summed E-state index contributed by atoms with van der Waals surface area (Å²) in [6.45, 7) is -0.374. The monoisotopic (exact) mass is 554 g/mol. The number of methoxy groups -OCH3 is 1. The number of ether oxygens (including phenoxy) is 1. The second-order valence-corrected chi connectivity index (χ2v) is 11.2. The number of carbonyl (C=O) groups is 1. The maximum atomic E-state index is 15.5. The number of aromatic amines is 1. The van der Waals surface area contributed by atoms with E-state index in [2.05, 4.69) is 20.2 Å². The number of halogens is 1. The number of aromatic nitrogens is 4. The lowest BCUT2D eigenvalue weighted by Gasteiger charge is -2.41. The fourth-order valence-corrected chi connectivity index (χ4v) is 6.71. The highest BCUT2D eigenvalue weighted by Gasteiger charge is 2.48. The molecule has 4 unspecified atom stereocenters. The molecule has 0 bridgehead atoms. The maximum Gasteiger partial charge on any atom is 0.237 e. The van der Waals surface area contributed by atoms with Gasteiger partial charge in [-0.05, 0) is 73.8 Å². The lowest BCUT2D eigenvalue weighted by Crippen LogP contribution is -2.47. The largest absolute Gasteiger partial charge is 0.497 e. The van der Waals surface area contributed by atoms with Crippen molar-refractivity contribution in [2.24, 2.45) is 23.7 Å². The van der Waals surface area contributed by atoms with Crippen LogP contribution in [-0.2, 0) is 11.4 Å². The number of benzene rings is 2.